The summed E-state index contributed by atoms with van der Waals surface area (Å²) >= 11 is 0. The maximum atomic E-state index is 8.87. The molecule has 20 heavy (non-hydrogen) atoms. The summed E-state index contributed by atoms with van der Waals surface area (Å²) in [6.45, 7) is 6.30. The summed E-state index contributed by atoms with van der Waals surface area (Å²) in [5.41, 5.74) is 2.66. The molecule has 0 heterocycles. The Labute approximate surface area is 122 Å². The monoisotopic (exact) mass is 271 g/mol. The number of nitrogens with zero attached hydrogens (tertiary/aromatic N) is 2. The highest BCUT2D eigenvalue weighted by atomic mass is 15.2. The van der Waals surface area contributed by atoms with Gasteiger partial charge in [0.05, 0.1) is 12.5 Å². The summed E-state index contributed by atoms with van der Waals surface area (Å²) in [5, 5.41) is 12.4. The van der Waals surface area contributed by atoms with Crippen LogP contribution in [0, 0.1) is 11.3 Å². The van der Waals surface area contributed by atoms with Gasteiger partial charge in [0, 0.05) is 24.3 Å². The van der Waals surface area contributed by atoms with Gasteiger partial charge in [-0.15, -0.1) is 0 Å². The summed E-state index contributed by atoms with van der Waals surface area (Å²) in [6.07, 6.45) is 4.27. The minimum atomic E-state index is 0.356. The first-order valence-electron chi connectivity index (χ1n) is 7.73. The molecule has 1 fully saturated rings. The van der Waals surface area contributed by atoms with Crippen molar-refractivity contribution in [1.82, 2.24) is 5.32 Å². The van der Waals surface area contributed by atoms with Crippen molar-refractivity contribution in [1.29, 1.82) is 5.26 Å². The molecule has 3 nitrogen and oxygen atoms in total. The standard InChI is InChI=1S/C17H25N3/c1-3-12-19-14(2)16-7-4-5-8-17(16)20(13-6-11-18)15-9-10-15/h4-5,7-8,14-15,19H,3,6,9-10,12-13H2,1-2H3. The highest BCUT2D eigenvalue weighted by molar-refractivity contribution is 5.56. The highest BCUT2D eigenvalue weighted by Gasteiger charge is 2.30. The average molecular weight is 271 g/mol. The van der Waals surface area contributed by atoms with Crippen LogP contribution in [-0.4, -0.2) is 19.1 Å². The highest BCUT2D eigenvalue weighted by Crippen LogP contribution is 2.35. The van der Waals surface area contributed by atoms with Gasteiger partial charge in [0.1, 0.15) is 0 Å². The molecule has 3 heteroatoms. The van der Waals surface area contributed by atoms with Crippen LogP contribution in [0.25, 0.3) is 0 Å². The zero-order chi connectivity index (χ0) is 14.4. The molecule has 0 aromatic heterocycles. The third-order valence-electron chi connectivity index (χ3n) is 3.87. The van der Waals surface area contributed by atoms with E-state index >= 15 is 0 Å². The van der Waals surface area contributed by atoms with Crippen LogP contribution >= 0.6 is 0 Å². The van der Waals surface area contributed by atoms with E-state index in [1.807, 2.05) is 0 Å². The molecule has 2 rings (SSSR count). The lowest BCUT2D eigenvalue weighted by Crippen LogP contribution is -2.29. The Balaban J connectivity index is 2.18. The fraction of sp³-hybridized carbons (Fsp3) is 0.588. The summed E-state index contributed by atoms with van der Waals surface area (Å²) in [5.74, 6) is 0. The van der Waals surface area contributed by atoms with E-state index in [-0.39, 0.29) is 0 Å². The summed E-state index contributed by atoms with van der Waals surface area (Å²) in [7, 11) is 0. The van der Waals surface area contributed by atoms with Crippen LogP contribution in [0.4, 0.5) is 5.69 Å². The molecular weight excluding hydrogens is 246 g/mol. The van der Waals surface area contributed by atoms with Gasteiger partial charge in [-0.05, 0) is 44.4 Å². The van der Waals surface area contributed by atoms with E-state index < -0.39 is 0 Å². The van der Waals surface area contributed by atoms with Crippen molar-refractivity contribution in [3.05, 3.63) is 29.8 Å². The number of rotatable bonds is 8. The lowest BCUT2D eigenvalue weighted by atomic mass is 10.0. The quantitative estimate of drug-likeness (QED) is 0.784. The molecule has 0 aliphatic heterocycles. The normalized spacial score (nSPS) is 15.7. The van der Waals surface area contributed by atoms with E-state index in [9.17, 15) is 0 Å². The predicted octanol–water partition coefficient (Wildman–Crippen LogP) is 3.63. The number of anilines is 1. The van der Waals surface area contributed by atoms with Gasteiger partial charge in [-0.25, -0.2) is 0 Å². The molecular formula is C17H25N3. The molecule has 1 aliphatic carbocycles. The molecule has 1 atom stereocenters. The van der Waals surface area contributed by atoms with Gasteiger partial charge in [0.15, 0.2) is 0 Å². The summed E-state index contributed by atoms with van der Waals surface area (Å²) in [4.78, 5) is 2.43. The maximum absolute atomic E-state index is 8.87. The number of benzene rings is 1. The Morgan fingerprint density at radius 3 is 2.80 bits per heavy atom. The Kier molecular flexibility index (Phi) is 5.43. The zero-order valence-electron chi connectivity index (χ0n) is 12.6. The van der Waals surface area contributed by atoms with Gasteiger partial charge in [0.25, 0.3) is 0 Å². The van der Waals surface area contributed by atoms with Crippen LogP contribution in [0.2, 0.25) is 0 Å². The van der Waals surface area contributed by atoms with Crippen LogP contribution in [0.3, 0.4) is 0 Å². The topological polar surface area (TPSA) is 39.1 Å². The van der Waals surface area contributed by atoms with Crippen molar-refractivity contribution >= 4 is 5.69 Å². The van der Waals surface area contributed by atoms with Crippen LogP contribution in [0.5, 0.6) is 0 Å². The van der Waals surface area contributed by atoms with E-state index in [0.717, 1.165) is 19.5 Å². The van der Waals surface area contributed by atoms with Crippen LogP contribution in [-0.2, 0) is 0 Å². The molecule has 1 unspecified atom stereocenters. The summed E-state index contributed by atoms with van der Waals surface area (Å²) < 4.78 is 0. The predicted molar refractivity (Wildman–Crippen MR) is 83.7 cm³/mol. The first-order chi connectivity index (χ1) is 9.77. The SMILES string of the molecule is CCCNC(C)c1ccccc1N(CCC#N)C1CC1. The Morgan fingerprint density at radius 2 is 2.15 bits per heavy atom. The van der Waals surface area contributed by atoms with Gasteiger partial charge in [-0.2, -0.15) is 5.26 Å². The van der Waals surface area contributed by atoms with Crippen LogP contribution < -0.4 is 10.2 Å². The van der Waals surface area contributed by atoms with Gasteiger partial charge >= 0.3 is 0 Å². The minimum absolute atomic E-state index is 0.356. The number of nitrogens with one attached hydrogen (secondary N) is 1. The largest absolute Gasteiger partial charge is 0.367 e. The van der Waals surface area contributed by atoms with E-state index in [1.54, 1.807) is 0 Å². The molecule has 0 amide bonds. The van der Waals surface area contributed by atoms with E-state index in [1.165, 1.54) is 24.1 Å². The van der Waals surface area contributed by atoms with Crippen molar-refractivity contribution in [2.45, 2.75) is 51.6 Å². The molecule has 1 aromatic carbocycles. The lowest BCUT2D eigenvalue weighted by Gasteiger charge is -2.28. The zero-order valence-corrected chi connectivity index (χ0v) is 12.6. The fourth-order valence-electron chi connectivity index (χ4n) is 2.64. The Bertz CT molecular complexity index is 460. The first-order valence-corrected chi connectivity index (χ1v) is 7.73. The number of hydrogen-bond donors (Lipinski definition) is 1. The van der Waals surface area contributed by atoms with Gasteiger partial charge in [-0.1, -0.05) is 25.1 Å². The van der Waals surface area contributed by atoms with Crippen LogP contribution in [0.15, 0.2) is 24.3 Å². The van der Waals surface area contributed by atoms with Crippen molar-refractivity contribution in [3.63, 3.8) is 0 Å². The lowest BCUT2D eigenvalue weighted by molar-refractivity contribution is 0.568. The van der Waals surface area contributed by atoms with Gasteiger partial charge in [0.2, 0.25) is 0 Å². The molecule has 0 spiro atoms. The molecule has 1 N–H and O–H groups in total. The van der Waals surface area contributed by atoms with Gasteiger partial charge < -0.3 is 10.2 Å². The van der Waals surface area contributed by atoms with E-state index in [2.05, 4.69) is 54.4 Å². The Morgan fingerprint density at radius 1 is 1.40 bits per heavy atom. The van der Waals surface area contributed by atoms with Crippen molar-refractivity contribution < 1.29 is 0 Å². The number of para-hydroxylation sites is 1. The molecule has 0 bridgehead atoms. The second-order valence-electron chi connectivity index (χ2n) is 5.57. The van der Waals surface area contributed by atoms with E-state index in [4.69, 9.17) is 5.26 Å². The van der Waals surface area contributed by atoms with Gasteiger partial charge in [-0.3, -0.25) is 0 Å². The molecule has 108 valence electrons. The summed E-state index contributed by atoms with van der Waals surface area (Å²) in [6, 6.07) is 11.9. The average Bonchev–Trinajstić information content (AvgIpc) is 3.30. The number of hydrogen-bond acceptors (Lipinski definition) is 3. The maximum Gasteiger partial charge on any atom is 0.0640 e. The number of nitriles is 1. The van der Waals surface area contributed by atoms with E-state index in [0.29, 0.717) is 18.5 Å². The van der Waals surface area contributed by atoms with Crippen molar-refractivity contribution in [3.8, 4) is 6.07 Å². The van der Waals surface area contributed by atoms with Crippen LogP contribution in [0.1, 0.15) is 51.1 Å². The second-order valence-corrected chi connectivity index (χ2v) is 5.57. The Hall–Kier alpha value is -1.53. The third kappa shape index (κ3) is 3.74. The smallest absolute Gasteiger partial charge is 0.0640 e. The fourth-order valence-corrected chi connectivity index (χ4v) is 2.64. The molecule has 1 saturated carbocycles. The second kappa shape index (κ2) is 7.31. The molecule has 0 radical (unpaired) electrons. The van der Waals surface area contributed by atoms with Crippen molar-refractivity contribution in [2.24, 2.45) is 0 Å². The van der Waals surface area contributed by atoms with Crippen molar-refractivity contribution in [2.75, 3.05) is 18.0 Å². The first kappa shape index (κ1) is 14.9. The minimum Gasteiger partial charge on any atom is -0.367 e. The molecule has 0 saturated heterocycles. The molecule has 1 aliphatic rings. The third-order valence-corrected chi connectivity index (χ3v) is 3.87. The molecule has 1 aromatic rings.